The second-order valence-electron chi connectivity index (χ2n) is 3.01. The topological polar surface area (TPSA) is 51.7 Å². The monoisotopic (exact) mass is 220 g/mol. The van der Waals surface area contributed by atoms with E-state index in [9.17, 15) is 4.79 Å². The highest BCUT2D eigenvalue weighted by atomic mass is 16.7. The number of aromatic nitrogens is 1. The lowest BCUT2D eigenvalue weighted by Gasteiger charge is -2.16. The Kier molecular flexibility index (Phi) is 4.79. The molecular formula is C10H13BN2O3. The summed E-state index contributed by atoms with van der Waals surface area (Å²) in [6.07, 6.45) is 1.79. The Morgan fingerprint density at radius 1 is 1.56 bits per heavy atom. The van der Waals surface area contributed by atoms with Crippen LogP contribution in [0.15, 0.2) is 18.3 Å². The summed E-state index contributed by atoms with van der Waals surface area (Å²) in [6, 6.07) is 3.24. The Hall–Kier alpha value is -1.56. The average molecular weight is 220 g/mol. The average Bonchev–Trinajstić information content (AvgIpc) is 2.35. The number of ether oxygens (including phenoxy) is 1. The number of carbonyl (C=O) groups excluding carboxylic acids is 1. The van der Waals surface area contributed by atoms with Crippen LogP contribution in [0.3, 0.4) is 0 Å². The first-order valence-corrected chi connectivity index (χ1v) is 4.80. The van der Waals surface area contributed by atoms with E-state index in [4.69, 9.17) is 17.4 Å². The zero-order valence-corrected chi connectivity index (χ0v) is 9.34. The Labute approximate surface area is 95.7 Å². The molecule has 16 heavy (non-hydrogen) atoms. The molecule has 0 spiro atoms. The number of methoxy groups -OCH3 is 1. The van der Waals surface area contributed by atoms with Crippen LogP contribution in [0, 0.1) is 0 Å². The fourth-order valence-corrected chi connectivity index (χ4v) is 1.06. The first-order valence-electron chi connectivity index (χ1n) is 4.80. The van der Waals surface area contributed by atoms with Gasteiger partial charge in [0, 0.05) is 19.3 Å². The highest BCUT2D eigenvalue weighted by Gasteiger charge is 2.12. The molecule has 0 saturated carbocycles. The third-order valence-electron chi connectivity index (χ3n) is 1.88. The number of carbonyl (C=O) groups is 1. The maximum absolute atomic E-state index is 11.7. The van der Waals surface area contributed by atoms with Crippen LogP contribution in [0.2, 0.25) is 6.32 Å². The van der Waals surface area contributed by atoms with Gasteiger partial charge in [-0.3, -0.25) is 9.63 Å². The number of hydroxylamine groups is 2. The predicted octanol–water partition coefficient (Wildman–Crippen LogP) is 0.681. The van der Waals surface area contributed by atoms with Crippen molar-refractivity contribution in [3.8, 4) is 5.88 Å². The summed E-state index contributed by atoms with van der Waals surface area (Å²) in [5.41, 5.74) is 0.431. The van der Waals surface area contributed by atoms with Gasteiger partial charge in [0.1, 0.15) is 0 Å². The van der Waals surface area contributed by atoms with E-state index in [0.29, 0.717) is 24.4 Å². The molecule has 0 aromatic carbocycles. The van der Waals surface area contributed by atoms with E-state index in [1.54, 1.807) is 12.1 Å². The molecule has 1 aromatic rings. The predicted molar refractivity (Wildman–Crippen MR) is 59.4 cm³/mol. The highest BCUT2D eigenvalue weighted by Crippen LogP contribution is 2.08. The fourth-order valence-electron chi connectivity index (χ4n) is 1.06. The van der Waals surface area contributed by atoms with Crippen LogP contribution in [0.5, 0.6) is 5.88 Å². The van der Waals surface area contributed by atoms with Gasteiger partial charge in [-0.2, -0.15) is 0 Å². The van der Waals surface area contributed by atoms with Crippen LogP contribution in [0.1, 0.15) is 10.4 Å². The van der Waals surface area contributed by atoms with Crippen molar-refractivity contribution in [1.29, 1.82) is 0 Å². The minimum atomic E-state index is -0.274. The van der Waals surface area contributed by atoms with E-state index in [-0.39, 0.29) is 5.91 Å². The van der Waals surface area contributed by atoms with Crippen molar-refractivity contribution in [3.05, 3.63) is 23.9 Å². The third-order valence-corrected chi connectivity index (χ3v) is 1.88. The smallest absolute Gasteiger partial charge is 0.278 e. The number of hydrogen-bond donors (Lipinski definition) is 0. The molecule has 2 radical (unpaired) electrons. The van der Waals surface area contributed by atoms with Crippen molar-refractivity contribution in [2.75, 3.05) is 20.8 Å². The lowest BCUT2D eigenvalue weighted by atomic mass is 10.1. The molecule has 0 saturated heterocycles. The van der Waals surface area contributed by atoms with Gasteiger partial charge in [0.2, 0.25) is 5.88 Å². The van der Waals surface area contributed by atoms with Crippen molar-refractivity contribution >= 4 is 13.8 Å². The summed E-state index contributed by atoms with van der Waals surface area (Å²) in [4.78, 5) is 20.7. The number of rotatable bonds is 5. The molecule has 1 amide bonds. The summed E-state index contributed by atoms with van der Waals surface area (Å²) in [7, 11) is 8.31. The van der Waals surface area contributed by atoms with E-state index < -0.39 is 0 Å². The second kappa shape index (κ2) is 6.12. The lowest BCUT2D eigenvalue weighted by molar-refractivity contribution is -0.0998. The van der Waals surface area contributed by atoms with Gasteiger partial charge < -0.3 is 4.74 Å². The maximum atomic E-state index is 11.7. The summed E-state index contributed by atoms with van der Waals surface area (Å²) in [5, 5.41) is 1.14. The van der Waals surface area contributed by atoms with Crippen LogP contribution in [0.25, 0.3) is 0 Å². The Balaban J connectivity index is 2.64. The summed E-state index contributed by atoms with van der Waals surface area (Å²) in [6.45, 7) is 0.297. The molecule has 5 nitrogen and oxygen atoms in total. The first kappa shape index (κ1) is 12.5. The molecule has 1 rings (SSSR count). The van der Waals surface area contributed by atoms with Crippen LogP contribution in [0.4, 0.5) is 0 Å². The molecular weight excluding hydrogens is 207 g/mol. The van der Waals surface area contributed by atoms with Crippen molar-refractivity contribution < 1.29 is 14.4 Å². The standard InChI is InChI=1S/C10H13BN2O3/c1-13(16-6-5-11)10(14)8-3-4-9(15-2)12-7-8/h3-4,7H,5-6H2,1-2H3. The molecule has 1 heterocycles. The molecule has 0 aliphatic carbocycles. The van der Waals surface area contributed by atoms with E-state index in [2.05, 4.69) is 4.98 Å². The molecule has 0 aliphatic rings. The van der Waals surface area contributed by atoms with Crippen LogP contribution >= 0.6 is 0 Å². The van der Waals surface area contributed by atoms with Gasteiger partial charge >= 0.3 is 0 Å². The van der Waals surface area contributed by atoms with Crippen LogP contribution < -0.4 is 4.74 Å². The van der Waals surface area contributed by atoms with Gasteiger partial charge in [0.15, 0.2) is 0 Å². The van der Waals surface area contributed by atoms with Crippen molar-refractivity contribution in [1.82, 2.24) is 10.0 Å². The zero-order valence-electron chi connectivity index (χ0n) is 9.34. The Bertz CT molecular complexity index is 342. The number of amides is 1. The maximum Gasteiger partial charge on any atom is 0.278 e. The lowest BCUT2D eigenvalue weighted by Crippen LogP contribution is -2.27. The van der Waals surface area contributed by atoms with Crippen molar-refractivity contribution in [3.63, 3.8) is 0 Å². The molecule has 0 atom stereocenters. The van der Waals surface area contributed by atoms with E-state index in [0.717, 1.165) is 5.06 Å². The SMILES string of the molecule is [B]CCON(C)C(=O)c1ccc(OC)nc1. The second-order valence-corrected chi connectivity index (χ2v) is 3.01. The molecule has 0 N–H and O–H groups in total. The molecule has 0 bridgehead atoms. The molecule has 84 valence electrons. The van der Waals surface area contributed by atoms with Gasteiger partial charge in [-0.15, -0.1) is 0 Å². The van der Waals surface area contributed by atoms with Crippen LogP contribution in [-0.4, -0.2) is 44.6 Å². The number of hydrogen-bond acceptors (Lipinski definition) is 4. The Morgan fingerprint density at radius 3 is 2.81 bits per heavy atom. The quantitative estimate of drug-likeness (QED) is 0.540. The molecule has 0 fully saturated rings. The molecule has 6 heteroatoms. The van der Waals surface area contributed by atoms with Crippen molar-refractivity contribution in [2.45, 2.75) is 6.32 Å². The third kappa shape index (κ3) is 3.24. The fraction of sp³-hybridized carbons (Fsp3) is 0.400. The summed E-state index contributed by atoms with van der Waals surface area (Å²) in [5.74, 6) is 0.186. The van der Waals surface area contributed by atoms with Gasteiger partial charge in [-0.05, 0) is 6.07 Å². The first-order chi connectivity index (χ1) is 7.69. The molecule has 1 aromatic heterocycles. The van der Waals surface area contributed by atoms with E-state index >= 15 is 0 Å². The van der Waals surface area contributed by atoms with Gasteiger partial charge in [0.25, 0.3) is 5.91 Å². The van der Waals surface area contributed by atoms with E-state index in [1.807, 2.05) is 0 Å². The summed E-state index contributed by atoms with van der Waals surface area (Å²) >= 11 is 0. The molecule has 0 unspecified atom stereocenters. The molecule has 0 aliphatic heterocycles. The minimum absolute atomic E-state index is 0.274. The van der Waals surface area contributed by atoms with Gasteiger partial charge in [-0.25, -0.2) is 10.0 Å². The van der Waals surface area contributed by atoms with Gasteiger partial charge in [-0.1, -0.05) is 6.32 Å². The van der Waals surface area contributed by atoms with Crippen LogP contribution in [-0.2, 0) is 4.84 Å². The van der Waals surface area contributed by atoms with Gasteiger partial charge in [0.05, 0.1) is 27.1 Å². The minimum Gasteiger partial charge on any atom is -0.481 e. The van der Waals surface area contributed by atoms with E-state index in [1.165, 1.54) is 20.4 Å². The number of nitrogens with zero attached hydrogens (tertiary/aromatic N) is 2. The number of pyridine rings is 1. The zero-order chi connectivity index (χ0) is 12.0. The largest absolute Gasteiger partial charge is 0.481 e. The Morgan fingerprint density at radius 2 is 2.31 bits per heavy atom. The summed E-state index contributed by atoms with van der Waals surface area (Å²) < 4.78 is 4.89. The highest BCUT2D eigenvalue weighted by molar-refractivity contribution is 6.08. The van der Waals surface area contributed by atoms with Crippen molar-refractivity contribution in [2.24, 2.45) is 0 Å². The normalized spacial score (nSPS) is 9.88.